The fraction of sp³-hybridized carbons (Fsp3) is 0.167. The van der Waals surface area contributed by atoms with Gasteiger partial charge in [-0.1, -0.05) is 0 Å². The van der Waals surface area contributed by atoms with Crippen LogP contribution in [0.2, 0.25) is 0 Å². The highest BCUT2D eigenvalue weighted by atomic mass is 79.9. The molecule has 0 aliphatic carbocycles. The number of carbonyl (C=O) groups excluding carboxylic acids is 1. The summed E-state index contributed by atoms with van der Waals surface area (Å²) in [5.74, 6) is -0.562. The van der Waals surface area contributed by atoms with Crippen LogP contribution in [-0.4, -0.2) is 32.3 Å². The number of hydrogen-bond acceptors (Lipinski definition) is 4. The van der Waals surface area contributed by atoms with Crippen molar-refractivity contribution in [2.75, 3.05) is 5.32 Å². The maximum atomic E-state index is 11.8. The topological polar surface area (TPSA) is 120 Å². The molecule has 0 radical (unpaired) electrons. The minimum absolute atomic E-state index is 0.0658. The summed E-state index contributed by atoms with van der Waals surface area (Å²) < 4.78 is 0.441. The molecule has 0 aliphatic heterocycles. The van der Waals surface area contributed by atoms with Crippen LogP contribution in [0.3, 0.4) is 0 Å². The number of urea groups is 1. The number of rotatable bonds is 4. The lowest BCUT2D eigenvalue weighted by atomic mass is 10.2. The Labute approximate surface area is 128 Å². The maximum absolute atomic E-state index is 11.8. The minimum atomic E-state index is -1.08. The summed E-state index contributed by atoms with van der Waals surface area (Å²) in [6, 6.07) is 3.68. The van der Waals surface area contributed by atoms with Crippen LogP contribution in [0.25, 0.3) is 0 Å². The van der Waals surface area contributed by atoms with Gasteiger partial charge in [-0.2, -0.15) is 5.10 Å². The molecule has 1 unspecified atom stereocenters. The Balaban J connectivity index is 2.03. The van der Waals surface area contributed by atoms with Gasteiger partial charge in [-0.3, -0.25) is 5.10 Å². The molecule has 9 heteroatoms. The average Bonchev–Trinajstić information content (AvgIpc) is 2.94. The van der Waals surface area contributed by atoms with Crippen molar-refractivity contribution < 1.29 is 14.7 Å². The van der Waals surface area contributed by atoms with Gasteiger partial charge < -0.3 is 15.7 Å². The van der Waals surface area contributed by atoms with Crippen molar-refractivity contribution in [2.24, 2.45) is 0 Å². The summed E-state index contributed by atoms with van der Waals surface area (Å²) in [4.78, 5) is 26.8. The van der Waals surface area contributed by atoms with Crippen LogP contribution in [0.4, 0.5) is 10.5 Å². The standard InChI is InChI=1S/C12H12BrN5O3/c1-6(10-14-5-15-18-10)16-12(21)17-7-2-3-9(13)8(4-7)11(19)20/h2-6H,1H3,(H,19,20)(H,14,15,18)(H2,16,17,21). The third-order valence-electron chi connectivity index (χ3n) is 2.65. The molecular weight excluding hydrogens is 342 g/mol. The quantitative estimate of drug-likeness (QED) is 0.671. The van der Waals surface area contributed by atoms with E-state index in [1.165, 1.54) is 12.4 Å². The molecule has 0 saturated heterocycles. The van der Waals surface area contributed by atoms with E-state index in [-0.39, 0.29) is 11.6 Å². The number of carbonyl (C=O) groups is 2. The van der Waals surface area contributed by atoms with Gasteiger partial charge in [0.2, 0.25) is 0 Å². The normalized spacial score (nSPS) is 11.7. The number of H-pyrrole nitrogens is 1. The predicted molar refractivity (Wildman–Crippen MR) is 78.1 cm³/mol. The molecular formula is C12H12BrN5O3. The second kappa shape index (κ2) is 6.35. The van der Waals surface area contributed by atoms with Crippen molar-refractivity contribution >= 4 is 33.6 Å². The molecule has 1 aromatic heterocycles. The zero-order valence-corrected chi connectivity index (χ0v) is 12.5. The number of aromatic nitrogens is 3. The Bertz CT molecular complexity index is 659. The predicted octanol–water partition coefficient (Wildman–Crippen LogP) is 2.15. The zero-order chi connectivity index (χ0) is 15.4. The SMILES string of the molecule is CC(NC(=O)Nc1ccc(Br)c(C(=O)O)c1)c1ncn[nH]1. The molecule has 0 fully saturated rings. The monoisotopic (exact) mass is 353 g/mol. The first-order valence-electron chi connectivity index (χ1n) is 5.93. The van der Waals surface area contributed by atoms with Crippen LogP contribution < -0.4 is 10.6 Å². The highest BCUT2D eigenvalue weighted by molar-refractivity contribution is 9.10. The summed E-state index contributed by atoms with van der Waals surface area (Å²) in [7, 11) is 0. The third-order valence-corrected chi connectivity index (χ3v) is 3.34. The molecule has 0 spiro atoms. The van der Waals surface area contributed by atoms with Gasteiger partial charge in [0.1, 0.15) is 12.2 Å². The van der Waals surface area contributed by atoms with Crippen LogP contribution >= 0.6 is 15.9 Å². The van der Waals surface area contributed by atoms with Gasteiger partial charge >= 0.3 is 12.0 Å². The third kappa shape index (κ3) is 3.78. The van der Waals surface area contributed by atoms with E-state index in [0.717, 1.165) is 0 Å². The minimum Gasteiger partial charge on any atom is -0.478 e. The van der Waals surface area contributed by atoms with Gasteiger partial charge in [0.25, 0.3) is 0 Å². The molecule has 1 heterocycles. The first-order valence-corrected chi connectivity index (χ1v) is 6.72. The Morgan fingerprint density at radius 1 is 1.43 bits per heavy atom. The van der Waals surface area contributed by atoms with E-state index in [2.05, 4.69) is 41.7 Å². The van der Waals surface area contributed by atoms with E-state index in [1.807, 2.05) is 0 Å². The molecule has 8 nitrogen and oxygen atoms in total. The zero-order valence-electron chi connectivity index (χ0n) is 10.9. The lowest BCUT2D eigenvalue weighted by Gasteiger charge is -2.12. The number of aromatic amines is 1. The van der Waals surface area contributed by atoms with E-state index in [4.69, 9.17) is 5.11 Å². The first-order chi connectivity index (χ1) is 9.97. The fourth-order valence-electron chi connectivity index (χ4n) is 1.62. The van der Waals surface area contributed by atoms with Crippen LogP contribution in [0, 0.1) is 0 Å². The molecule has 4 N–H and O–H groups in total. The Morgan fingerprint density at radius 3 is 2.81 bits per heavy atom. The van der Waals surface area contributed by atoms with Gasteiger partial charge in [-0.25, -0.2) is 14.6 Å². The first kappa shape index (κ1) is 15.0. The smallest absolute Gasteiger partial charge is 0.336 e. The van der Waals surface area contributed by atoms with E-state index in [1.54, 1.807) is 19.1 Å². The summed E-state index contributed by atoms with van der Waals surface area (Å²) in [6.45, 7) is 1.74. The van der Waals surface area contributed by atoms with Crippen molar-refractivity contribution in [2.45, 2.75) is 13.0 Å². The van der Waals surface area contributed by atoms with Crippen molar-refractivity contribution in [3.8, 4) is 0 Å². The molecule has 0 bridgehead atoms. The highest BCUT2D eigenvalue weighted by Gasteiger charge is 2.13. The molecule has 2 rings (SSSR count). The second-order valence-electron chi connectivity index (χ2n) is 4.19. The van der Waals surface area contributed by atoms with Gasteiger partial charge in [0, 0.05) is 10.2 Å². The molecule has 2 amide bonds. The van der Waals surface area contributed by atoms with Gasteiger partial charge in [-0.15, -0.1) is 0 Å². The van der Waals surface area contributed by atoms with Crippen LogP contribution in [0.15, 0.2) is 29.0 Å². The summed E-state index contributed by atoms with van der Waals surface area (Å²) in [6.07, 6.45) is 1.35. The Kier molecular flexibility index (Phi) is 4.53. The van der Waals surface area contributed by atoms with Crippen LogP contribution in [0.5, 0.6) is 0 Å². The number of nitrogens with zero attached hydrogens (tertiary/aromatic N) is 2. The molecule has 1 aromatic carbocycles. The second-order valence-corrected chi connectivity index (χ2v) is 5.04. The number of nitrogens with one attached hydrogen (secondary N) is 3. The largest absolute Gasteiger partial charge is 0.478 e. The van der Waals surface area contributed by atoms with Gasteiger partial charge in [0.15, 0.2) is 0 Å². The van der Waals surface area contributed by atoms with E-state index >= 15 is 0 Å². The van der Waals surface area contributed by atoms with E-state index in [0.29, 0.717) is 16.0 Å². The number of benzene rings is 1. The summed E-state index contributed by atoms with van der Waals surface area (Å²) in [5.41, 5.74) is 0.439. The van der Waals surface area contributed by atoms with Gasteiger partial charge in [-0.05, 0) is 41.1 Å². The number of amides is 2. The summed E-state index contributed by atoms with van der Waals surface area (Å²) >= 11 is 3.14. The van der Waals surface area contributed by atoms with Crippen molar-refractivity contribution in [1.82, 2.24) is 20.5 Å². The van der Waals surface area contributed by atoms with Crippen LogP contribution in [0.1, 0.15) is 29.1 Å². The molecule has 110 valence electrons. The highest BCUT2D eigenvalue weighted by Crippen LogP contribution is 2.21. The Hall–Kier alpha value is -2.42. The lowest BCUT2D eigenvalue weighted by molar-refractivity contribution is 0.0696. The van der Waals surface area contributed by atoms with Gasteiger partial charge in [0.05, 0.1) is 11.6 Å². The molecule has 21 heavy (non-hydrogen) atoms. The van der Waals surface area contributed by atoms with Crippen molar-refractivity contribution in [3.05, 3.63) is 40.4 Å². The van der Waals surface area contributed by atoms with Crippen molar-refractivity contribution in [3.63, 3.8) is 0 Å². The fourth-order valence-corrected chi connectivity index (χ4v) is 2.04. The number of halogens is 1. The van der Waals surface area contributed by atoms with E-state index in [9.17, 15) is 9.59 Å². The summed E-state index contributed by atoms with van der Waals surface area (Å²) in [5, 5.41) is 20.6. The maximum Gasteiger partial charge on any atom is 0.336 e. The molecule has 0 aliphatic rings. The molecule has 0 saturated carbocycles. The van der Waals surface area contributed by atoms with Crippen molar-refractivity contribution in [1.29, 1.82) is 0 Å². The molecule has 2 aromatic rings. The number of hydrogen-bond donors (Lipinski definition) is 4. The number of aromatic carboxylic acids is 1. The number of carboxylic acid groups (broad SMARTS) is 1. The average molecular weight is 354 g/mol. The molecule has 1 atom stereocenters. The number of carboxylic acids is 1. The Morgan fingerprint density at radius 2 is 2.19 bits per heavy atom. The number of anilines is 1. The van der Waals surface area contributed by atoms with Crippen LogP contribution in [-0.2, 0) is 0 Å². The van der Waals surface area contributed by atoms with E-state index < -0.39 is 12.0 Å². The lowest BCUT2D eigenvalue weighted by Crippen LogP contribution is -2.31.